The number of nitrogen functional groups attached to an aromatic ring is 1. The average molecular weight is 434 g/mol. The molecule has 0 radical (unpaired) electrons. The number of thiazole rings is 1. The van der Waals surface area contributed by atoms with E-state index in [0.717, 1.165) is 57.9 Å². The lowest BCUT2D eigenvalue weighted by Gasteiger charge is -2.27. The van der Waals surface area contributed by atoms with Crippen LogP contribution in [0.3, 0.4) is 0 Å². The summed E-state index contributed by atoms with van der Waals surface area (Å²) >= 11 is 1.57. The van der Waals surface area contributed by atoms with Crippen molar-refractivity contribution < 1.29 is 9.84 Å². The number of anilines is 2. The number of pyridine rings is 2. The molecule has 1 fully saturated rings. The Hall–Kier alpha value is -3.23. The van der Waals surface area contributed by atoms with E-state index in [4.69, 9.17) is 10.5 Å². The van der Waals surface area contributed by atoms with E-state index < -0.39 is 0 Å². The molecule has 4 aromatic rings. The van der Waals surface area contributed by atoms with Crippen LogP contribution in [0.5, 0.6) is 11.5 Å². The van der Waals surface area contributed by atoms with Gasteiger partial charge in [0.25, 0.3) is 0 Å². The molecule has 3 aromatic heterocycles. The van der Waals surface area contributed by atoms with Crippen molar-refractivity contribution in [3.05, 3.63) is 55.0 Å². The molecule has 0 amide bonds. The third-order valence-corrected chi connectivity index (χ3v) is 6.45. The highest BCUT2D eigenvalue weighted by atomic mass is 32.1. The second-order valence-corrected chi connectivity index (χ2v) is 8.73. The van der Waals surface area contributed by atoms with Gasteiger partial charge >= 0.3 is 0 Å². The van der Waals surface area contributed by atoms with Crippen LogP contribution in [-0.4, -0.2) is 32.2 Å². The molecule has 7 nitrogen and oxygen atoms in total. The number of aliphatic hydroxyl groups is 1. The predicted octanol–water partition coefficient (Wildman–Crippen LogP) is 4.84. The van der Waals surface area contributed by atoms with E-state index in [-0.39, 0.29) is 12.1 Å². The van der Waals surface area contributed by atoms with Gasteiger partial charge in [0.05, 0.1) is 22.4 Å². The van der Waals surface area contributed by atoms with Gasteiger partial charge in [-0.2, -0.15) is 0 Å². The summed E-state index contributed by atoms with van der Waals surface area (Å²) < 4.78 is 7.22. The molecule has 0 unspecified atom stereocenters. The number of aromatic nitrogens is 3. The minimum Gasteiger partial charge on any atom is -0.457 e. The molecule has 31 heavy (non-hydrogen) atoms. The molecule has 1 saturated carbocycles. The zero-order chi connectivity index (χ0) is 21.2. The van der Waals surface area contributed by atoms with Gasteiger partial charge in [0, 0.05) is 35.8 Å². The second kappa shape index (κ2) is 8.49. The molecular formula is C23H23N5O2S. The van der Waals surface area contributed by atoms with Gasteiger partial charge in [0.15, 0.2) is 5.13 Å². The van der Waals surface area contributed by atoms with Crippen molar-refractivity contribution in [2.45, 2.75) is 37.8 Å². The quantitative estimate of drug-likeness (QED) is 0.413. The molecule has 2 atom stereocenters. The Morgan fingerprint density at radius 1 is 1.10 bits per heavy atom. The Morgan fingerprint density at radius 2 is 2.00 bits per heavy atom. The first-order valence-electron chi connectivity index (χ1n) is 10.3. The first-order chi connectivity index (χ1) is 15.2. The highest BCUT2D eigenvalue weighted by molar-refractivity contribution is 7.22. The number of nitrogens with zero attached hydrogens (tertiary/aromatic N) is 3. The molecule has 1 aliphatic rings. The normalized spacial score (nSPS) is 18.7. The van der Waals surface area contributed by atoms with E-state index in [9.17, 15) is 5.11 Å². The van der Waals surface area contributed by atoms with Crippen LogP contribution in [0.15, 0.2) is 55.0 Å². The fourth-order valence-corrected chi connectivity index (χ4v) is 4.80. The molecule has 0 saturated heterocycles. The number of fused-ring (bicyclic) bond motifs is 1. The topological polar surface area (TPSA) is 106 Å². The SMILES string of the molecule is Nc1ccc(-c2cnccc2Oc2ccc3nc(N[C@@H]4CCCC[C@H]4O)sc3c2)cn1. The number of aliphatic hydroxyl groups excluding tert-OH is 1. The summed E-state index contributed by atoms with van der Waals surface area (Å²) in [5, 5.41) is 14.5. The first-order valence-corrected chi connectivity index (χ1v) is 11.2. The maximum Gasteiger partial charge on any atom is 0.184 e. The molecule has 0 bridgehead atoms. The summed E-state index contributed by atoms with van der Waals surface area (Å²) in [4.78, 5) is 13.1. The van der Waals surface area contributed by atoms with E-state index in [1.807, 2.05) is 30.3 Å². The summed E-state index contributed by atoms with van der Waals surface area (Å²) in [6, 6.07) is 11.4. The van der Waals surface area contributed by atoms with Gasteiger partial charge < -0.3 is 20.9 Å². The maximum absolute atomic E-state index is 10.2. The lowest BCUT2D eigenvalue weighted by atomic mass is 9.93. The summed E-state index contributed by atoms with van der Waals surface area (Å²) in [7, 11) is 0. The van der Waals surface area contributed by atoms with E-state index in [0.29, 0.717) is 11.6 Å². The van der Waals surface area contributed by atoms with E-state index in [1.54, 1.807) is 36.0 Å². The van der Waals surface area contributed by atoms with E-state index in [2.05, 4.69) is 20.3 Å². The summed E-state index contributed by atoms with van der Waals surface area (Å²) in [5.74, 6) is 1.88. The van der Waals surface area contributed by atoms with E-state index in [1.165, 1.54) is 0 Å². The lowest BCUT2D eigenvalue weighted by molar-refractivity contribution is 0.116. The molecule has 1 aromatic carbocycles. The summed E-state index contributed by atoms with van der Waals surface area (Å²) in [6.07, 6.45) is 8.89. The molecular weight excluding hydrogens is 410 g/mol. The smallest absolute Gasteiger partial charge is 0.184 e. The molecule has 0 aliphatic heterocycles. The Balaban J connectivity index is 1.38. The number of nitrogens with two attached hydrogens (primary N) is 1. The number of rotatable bonds is 5. The van der Waals surface area contributed by atoms with E-state index >= 15 is 0 Å². The Kier molecular flexibility index (Phi) is 5.40. The van der Waals surface area contributed by atoms with Crippen molar-refractivity contribution in [3.8, 4) is 22.6 Å². The third-order valence-electron chi connectivity index (χ3n) is 5.50. The molecule has 3 heterocycles. The molecule has 5 rings (SSSR count). The number of nitrogens with one attached hydrogen (secondary N) is 1. The standard InChI is InChI=1S/C23H23N5O2S/c24-22-8-5-14(12-26-22)16-13-25-10-9-20(16)30-15-6-7-18-21(11-15)31-23(28-18)27-17-3-1-2-4-19(17)29/h5-13,17,19,29H,1-4H2,(H2,24,26)(H,27,28)/t17-,19-/m1/s1. The first kappa shape index (κ1) is 19.7. The number of benzene rings is 1. The van der Waals surface area contributed by atoms with Gasteiger partial charge in [-0.3, -0.25) is 4.98 Å². The van der Waals surface area contributed by atoms with Crippen LogP contribution in [0.1, 0.15) is 25.7 Å². The zero-order valence-corrected chi connectivity index (χ0v) is 17.7. The van der Waals surface area contributed by atoms with Gasteiger partial charge in [-0.05, 0) is 43.2 Å². The fourth-order valence-electron chi connectivity index (χ4n) is 3.85. The fraction of sp³-hybridized carbons (Fsp3) is 0.261. The van der Waals surface area contributed by atoms with Crippen LogP contribution in [-0.2, 0) is 0 Å². The largest absolute Gasteiger partial charge is 0.457 e. The Bertz CT molecular complexity index is 1190. The van der Waals surface area contributed by atoms with Crippen molar-refractivity contribution in [1.82, 2.24) is 15.0 Å². The molecule has 4 N–H and O–H groups in total. The molecule has 0 spiro atoms. The average Bonchev–Trinajstić information content (AvgIpc) is 3.18. The second-order valence-electron chi connectivity index (χ2n) is 7.70. The number of hydrogen-bond donors (Lipinski definition) is 3. The van der Waals surface area contributed by atoms with Gasteiger partial charge in [-0.1, -0.05) is 24.2 Å². The van der Waals surface area contributed by atoms with Crippen LogP contribution in [0.2, 0.25) is 0 Å². The predicted molar refractivity (Wildman–Crippen MR) is 123 cm³/mol. The Labute approximate surface area is 184 Å². The summed E-state index contributed by atoms with van der Waals surface area (Å²) in [6.45, 7) is 0. The van der Waals surface area contributed by atoms with Crippen molar-refractivity contribution in [3.63, 3.8) is 0 Å². The van der Waals surface area contributed by atoms with Crippen molar-refractivity contribution in [2.75, 3.05) is 11.1 Å². The minimum absolute atomic E-state index is 0.0675. The third kappa shape index (κ3) is 4.30. The van der Waals surface area contributed by atoms with Crippen LogP contribution in [0.4, 0.5) is 10.9 Å². The summed E-state index contributed by atoms with van der Waals surface area (Å²) in [5.41, 5.74) is 8.34. The minimum atomic E-state index is -0.312. The highest BCUT2D eigenvalue weighted by Gasteiger charge is 2.23. The molecule has 158 valence electrons. The van der Waals surface area contributed by atoms with Crippen LogP contribution in [0.25, 0.3) is 21.3 Å². The van der Waals surface area contributed by atoms with Crippen LogP contribution in [0, 0.1) is 0 Å². The molecule has 8 heteroatoms. The zero-order valence-electron chi connectivity index (χ0n) is 16.9. The Morgan fingerprint density at radius 3 is 2.84 bits per heavy atom. The van der Waals surface area contributed by atoms with Crippen molar-refractivity contribution in [2.24, 2.45) is 0 Å². The van der Waals surface area contributed by atoms with Crippen molar-refractivity contribution >= 4 is 32.5 Å². The number of ether oxygens (including phenoxy) is 1. The molecule has 1 aliphatic carbocycles. The van der Waals surface area contributed by atoms with Gasteiger partial charge in [-0.25, -0.2) is 9.97 Å². The monoisotopic (exact) mass is 433 g/mol. The maximum atomic E-state index is 10.2. The van der Waals surface area contributed by atoms with Crippen LogP contribution >= 0.6 is 11.3 Å². The van der Waals surface area contributed by atoms with Gasteiger partial charge in [0.2, 0.25) is 0 Å². The van der Waals surface area contributed by atoms with Crippen LogP contribution < -0.4 is 15.8 Å². The van der Waals surface area contributed by atoms with Gasteiger partial charge in [-0.15, -0.1) is 0 Å². The van der Waals surface area contributed by atoms with Gasteiger partial charge in [0.1, 0.15) is 17.3 Å². The lowest BCUT2D eigenvalue weighted by Crippen LogP contribution is -2.36. The highest BCUT2D eigenvalue weighted by Crippen LogP contribution is 2.36. The number of hydrogen-bond acceptors (Lipinski definition) is 8. The van der Waals surface area contributed by atoms with Crippen molar-refractivity contribution in [1.29, 1.82) is 0 Å².